The van der Waals surface area contributed by atoms with Gasteiger partial charge < -0.3 is 35.1 Å². The van der Waals surface area contributed by atoms with E-state index in [0.29, 0.717) is 35.1 Å². The number of nitrogens with one attached hydrogen (secondary N) is 4. The van der Waals surface area contributed by atoms with Crippen molar-refractivity contribution in [2.75, 3.05) is 44.4 Å². The lowest BCUT2D eigenvalue weighted by Gasteiger charge is -2.36. The Labute approximate surface area is 309 Å². The highest BCUT2D eigenvalue weighted by Gasteiger charge is 2.28. The number of aromatic amines is 1. The Morgan fingerprint density at radius 3 is 2.40 bits per heavy atom. The predicted molar refractivity (Wildman–Crippen MR) is 208 cm³/mol. The van der Waals surface area contributed by atoms with Gasteiger partial charge in [-0.05, 0) is 71.5 Å². The molecule has 1 aliphatic rings. The maximum atomic E-state index is 13.1. The molecule has 0 bridgehead atoms. The smallest absolute Gasteiger partial charge is 0.411 e. The van der Waals surface area contributed by atoms with Gasteiger partial charge in [0.15, 0.2) is 0 Å². The van der Waals surface area contributed by atoms with Crippen LogP contribution in [0.15, 0.2) is 95.8 Å². The lowest BCUT2D eigenvalue weighted by Crippen LogP contribution is -2.48. The Hall–Kier alpha value is -5.49. The number of H-pyrrole nitrogens is 1. The number of likely N-dealkylation sites (tertiary alicyclic amines) is 1. The molecule has 6 N–H and O–H groups in total. The SMILES string of the molecule is Cc1cc(CNC[C@H](O)c2ccc(O)c3[nH]c(=O)ccc23)ccc1NC(=O)CCc1ccc(NC(=O)OC2CC[N+](C)(C)CC2)c(-c2ccccc2)c1. The molecule has 1 aromatic heterocycles. The summed E-state index contributed by atoms with van der Waals surface area (Å²) in [7, 11) is 4.39. The summed E-state index contributed by atoms with van der Waals surface area (Å²) >= 11 is 0. The molecular weight excluding hydrogens is 670 g/mol. The fourth-order valence-electron chi connectivity index (χ4n) is 6.82. The molecule has 1 saturated heterocycles. The molecule has 11 nitrogen and oxygen atoms in total. The number of hydrogen-bond donors (Lipinski definition) is 6. The molecule has 0 radical (unpaired) electrons. The van der Waals surface area contributed by atoms with Crippen LogP contribution in [0.5, 0.6) is 5.75 Å². The zero-order valence-corrected chi connectivity index (χ0v) is 30.4. The van der Waals surface area contributed by atoms with Crippen molar-refractivity contribution in [1.82, 2.24) is 10.3 Å². The number of carbonyl (C=O) groups excluding carboxylic acids is 2. The van der Waals surface area contributed by atoms with Crippen LogP contribution in [-0.4, -0.2) is 71.5 Å². The number of phenolic OH excluding ortho intramolecular Hbond substituents is 1. The van der Waals surface area contributed by atoms with Gasteiger partial charge in [-0.2, -0.15) is 0 Å². The van der Waals surface area contributed by atoms with Crippen LogP contribution < -0.4 is 21.5 Å². The fourth-order valence-corrected chi connectivity index (χ4v) is 6.82. The zero-order valence-electron chi connectivity index (χ0n) is 30.4. The molecule has 1 atom stereocenters. The first kappa shape index (κ1) is 37.3. The molecule has 6 rings (SSSR count). The molecule has 0 spiro atoms. The minimum absolute atomic E-state index is 0.0539. The topological polar surface area (TPSA) is 153 Å². The lowest BCUT2D eigenvalue weighted by molar-refractivity contribution is -0.896. The first-order chi connectivity index (χ1) is 25.4. The average Bonchev–Trinajstić information content (AvgIpc) is 3.14. The summed E-state index contributed by atoms with van der Waals surface area (Å²) in [6.07, 6.45) is 1.06. The van der Waals surface area contributed by atoms with Crippen molar-refractivity contribution >= 4 is 34.3 Å². The zero-order chi connectivity index (χ0) is 37.5. The van der Waals surface area contributed by atoms with Crippen molar-refractivity contribution < 1.29 is 29.0 Å². The van der Waals surface area contributed by atoms with Gasteiger partial charge >= 0.3 is 6.09 Å². The molecule has 1 aliphatic heterocycles. The maximum Gasteiger partial charge on any atom is 0.411 e. The number of anilines is 2. The van der Waals surface area contributed by atoms with Gasteiger partial charge in [0.05, 0.1) is 44.5 Å². The van der Waals surface area contributed by atoms with Crippen molar-refractivity contribution in [1.29, 1.82) is 0 Å². The van der Waals surface area contributed by atoms with Crippen LogP contribution in [0.2, 0.25) is 0 Å². The maximum absolute atomic E-state index is 13.1. The van der Waals surface area contributed by atoms with E-state index < -0.39 is 12.2 Å². The summed E-state index contributed by atoms with van der Waals surface area (Å²) < 4.78 is 6.72. The second-order valence-corrected chi connectivity index (χ2v) is 14.5. The summed E-state index contributed by atoms with van der Waals surface area (Å²) in [5.41, 5.74) is 6.64. The third-order valence-electron chi connectivity index (χ3n) is 9.93. The van der Waals surface area contributed by atoms with Gasteiger partial charge in [0.25, 0.3) is 0 Å². The number of aromatic hydroxyl groups is 1. The van der Waals surface area contributed by atoms with Crippen LogP contribution in [0.3, 0.4) is 0 Å². The average molecular weight is 719 g/mol. The highest BCUT2D eigenvalue weighted by atomic mass is 16.6. The Morgan fingerprint density at radius 1 is 0.906 bits per heavy atom. The lowest BCUT2D eigenvalue weighted by atomic mass is 9.98. The van der Waals surface area contributed by atoms with Crippen LogP contribution in [0.25, 0.3) is 22.0 Å². The fraction of sp³-hybridized carbons (Fsp3) is 0.310. The van der Waals surface area contributed by atoms with E-state index in [2.05, 4.69) is 35.0 Å². The number of fused-ring (bicyclic) bond motifs is 1. The third kappa shape index (κ3) is 9.69. The minimum atomic E-state index is -0.866. The third-order valence-corrected chi connectivity index (χ3v) is 9.93. The Bertz CT molecular complexity index is 2140. The van der Waals surface area contributed by atoms with E-state index in [4.69, 9.17) is 4.74 Å². The number of rotatable bonds is 12. The summed E-state index contributed by atoms with van der Waals surface area (Å²) in [6, 6.07) is 27.6. The van der Waals surface area contributed by atoms with Crippen molar-refractivity contribution in [2.45, 2.75) is 51.4 Å². The number of phenols is 1. The van der Waals surface area contributed by atoms with E-state index in [0.717, 1.165) is 63.9 Å². The Morgan fingerprint density at radius 2 is 1.64 bits per heavy atom. The normalized spacial score (nSPS) is 14.8. The number of benzene rings is 4. The second kappa shape index (κ2) is 16.5. The molecule has 0 aliphatic carbocycles. The van der Waals surface area contributed by atoms with Gasteiger partial charge in [-0.3, -0.25) is 14.9 Å². The van der Waals surface area contributed by atoms with Crippen molar-refractivity contribution in [3.05, 3.63) is 124 Å². The number of piperidine rings is 1. The van der Waals surface area contributed by atoms with Gasteiger partial charge in [0, 0.05) is 55.1 Å². The molecule has 0 saturated carbocycles. The summed E-state index contributed by atoms with van der Waals surface area (Å²) in [5.74, 6) is -0.160. The van der Waals surface area contributed by atoms with E-state index in [1.807, 2.05) is 73.7 Å². The molecule has 0 unspecified atom stereocenters. The number of amides is 2. The van der Waals surface area contributed by atoms with Crippen LogP contribution in [0, 0.1) is 6.92 Å². The van der Waals surface area contributed by atoms with Crippen LogP contribution >= 0.6 is 0 Å². The van der Waals surface area contributed by atoms with Gasteiger partial charge in [0.1, 0.15) is 11.9 Å². The molecular formula is C42H48N5O6+. The number of aromatic nitrogens is 1. The number of carbonyl (C=O) groups is 2. The van der Waals surface area contributed by atoms with Crippen molar-refractivity contribution in [3.63, 3.8) is 0 Å². The summed E-state index contributed by atoms with van der Waals surface area (Å²) in [4.78, 5) is 40.3. The summed E-state index contributed by atoms with van der Waals surface area (Å²) in [5, 5.41) is 30.9. The van der Waals surface area contributed by atoms with Crippen LogP contribution in [0.4, 0.5) is 16.2 Å². The quantitative estimate of drug-likeness (QED) is 0.0818. The summed E-state index contributed by atoms with van der Waals surface area (Å²) in [6.45, 7) is 4.62. The number of nitrogens with zero attached hydrogens (tertiary/aromatic N) is 1. The number of aliphatic hydroxyl groups excluding tert-OH is 1. The highest BCUT2D eigenvalue weighted by Crippen LogP contribution is 2.31. The van der Waals surface area contributed by atoms with Crippen molar-refractivity contribution in [3.8, 4) is 16.9 Å². The standard InChI is InChI=1S/C42H47N5O6/c1-27-23-29(25-43-26-38(49)32-12-16-37(48)41-33(32)13-18-40(51)46-41)10-14-35(27)44-39(50)17-11-28-9-15-36(34(24-28)30-7-5-4-6-8-30)45-42(52)53-31-19-21-47(2,3)22-20-31/h4-10,12-16,18,23-24,31,38,43,49H,11,17,19-22,25-26H2,1-3H3,(H3-,44,45,46,48,50,51,52)/p+1/t38-/m0/s1. The molecule has 11 heteroatoms. The van der Waals surface area contributed by atoms with Gasteiger partial charge in [-0.15, -0.1) is 0 Å². The number of aryl methyl sites for hydroxylation is 2. The molecule has 2 heterocycles. The van der Waals surface area contributed by atoms with Crippen LogP contribution in [0.1, 0.15) is 47.6 Å². The molecule has 276 valence electrons. The molecule has 5 aromatic rings. The monoisotopic (exact) mass is 718 g/mol. The number of pyridine rings is 1. The second-order valence-electron chi connectivity index (χ2n) is 14.5. The van der Waals surface area contributed by atoms with Crippen molar-refractivity contribution in [2.24, 2.45) is 0 Å². The van der Waals surface area contributed by atoms with Gasteiger partial charge in [-0.25, -0.2) is 4.79 Å². The Balaban J connectivity index is 1.02. The minimum Gasteiger partial charge on any atom is -0.506 e. The van der Waals surface area contributed by atoms with Gasteiger partial charge in [-0.1, -0.05) is 54.6 Å². The largest absolute Gasteiger partial charge is 0.506 e. The van der Waals surface area contributed by atoms with Crippen LogP contribution in [-0.2, 0) is 22.5 Å². The Kier molecular flexibility index (Phi) is 11.6. The molecule has 53 heavy (non-hydrogen) atoms. The molecule has 2 amide bonds. The molecule has 4 aromatic carbocycles. The highest BCUT2D eigenvalue weighted by molar-refractivity contribution is 5.93. The number of ether oxygens (including phenoxy) is 1. The van der Waals surface area contributed by atoms with Gasteiger partial charge in [0.2, 0.25) is 11.5 Å². The van der Waals surface area contributed by atoms with E-state index in [1.165, 1.54) is 12.1 Å². The predicted octanol–water partition coefficient (Wildman–Crippen LogP) is 6.39. The van der Waals surface area contributed by atoms with E-state index >= 15 is 0 Å². The first-order valence-electron chi connectivity index (χ1n) is 18.1. The first-order valence-corrected chi connectivity index (χ1v) is 18.1. The van der Waals surface area contributed by atoms with E-state index in [9.17, 15) is 24.6 Å². The molecule has 1 fully saturated rings. The number of aliphatic hydroxyl groups is 1. The van der Waals surface area contributed by atoms with E-state index in [1.54, 1.807) is 12.1 Å². The number of hydrogen-bond acceptors (Lipinski definition) is 7. The number of quaternary nitrogens is 1. The van der Waals surface area contributed by atoms with E-state index in [-0.39, 0.29) is 36.3 Å².